The van der Waals surface area contributed by atoms with E-state index in [0.717, 1.165) is 107 Å². The van der Waals surface area contributed by atoms with Gasteiger partial charge in [-0.2, -0.15) is 0 Å². The molecule has 88 heavy (non-hydrogen) atoms. The van der Waals surface area contributed by atoms with Crippen molar-refractivity contribution in [3.05, 3.63) is 70.8 Å². The van der Waals surface area contributed by atoms with Gasteiger partial charge in [-0.25, -0.2) is 0 Å². The summed E-state index contributed by atoms with van der Waals surface area (Å²) in [6, 6.07) is 16.6. The van der Waals surface area contributed by atoms with Crippen LogP contribution in [0.15, 0.2) is 48.5 Å². The molecule has 0 saturated heterocycles. The van der Waals surface area contributed by atoms with Crippen LogP contribution in [0.2, 0.25) is 0 Å². The maximum atomic E-state index is 6.88. The first-order valence-corrected chi connectivity index (χ1v) is 36.3. The molecule has 0 aliphatic heterocycles. The molecule has 0 saturated carbocycles. The molecule has 0 heterocycles. The number of hydrogen-bond acceptors (Lipinski definition) is 6. The molecule has 0 amide bonds. The lowest BCUT2D eigenvalue weighted by Crippen LogP contribution is -2.08. The van der Waals surface area contributed by atoms with E-state index in [1.54, 1.807) is 0 Å². The number of ether oxygens (including phenoxy) is 6. The van der Waals surface area contributed by atoms with Crippen molar-refractivity contribution >= 4 is 0 Å². The lowest BCUT2D eigenvalue weighted by molar-refractivity contribution is 0.263. The summed E-state index contributed by atoms with van der Waals surface area (Å²) in [5, 5.41) is 0. The second-order valence-corrected chi connectivity index (χ2v) is 30.1. The molecule has 6 atom stereocenters. The lowest BCUT2D eigenvalue weighted by atomic mass is 9.97. The van der Waals surface area contributed by atoms with E-state index in [0.29, 0.717) is 98.5 Å². The highest BCUT2D eigenvalue weighted by Gasteiger charge is 2.16. The van der Waals surface area contributed by atoms with E-state index >= 15 is 0 Å². The van der Waals surface area contributed by atoms with E-state index in [-0.39, 0.29) is 0 Å². The van der Waals surface area contributed by atoms with E-state index in [1.807, 2.05) is 0 Å². The maximum absolute atomic E-state index is 6.88. The van der Waals surface area contributed by atoms with Crippen LogP contribution >= 0.6 is 0 Å². The Balaban J connectivity index is 2.18. The smallest absolute Gasteiger partial charge is 0.136 e. The van der Waals surface area contributed by atoms with Gasteiger partial charge in [-0.3, -0.25) is 0 Å². The molecule has 0 fully saturated rings. The van der Waals surface area contributed by atoms with Crippen molar-refractivity contribution in [2.45, 2.75) is 279 Å². The van der Waals surface area contributed by atoms with Gasteiger partial charge in [0, 0.05) is 35.4 Å². The Morgan fingerprint density at radius 2 is 0.432 bits per heavy atom. The van der Waals surface area contributed by atoms with Gasteiger partial charge < -0.3 is 28.4 Å². The zero-order valence-electron chi connectivity index (χ0n) is 60.2. The molecule has 498 valence electrons. The molecule has 0 N–H and O–H groups in total. The summed E-state index contributed by atoms with van der Waals surface area (Å²) in [7, 11) is 0. The summed E-state index contributed by atoms with van der Waals surface area (Å²) in [6.45, 7) is 45.7. The predicted octanol–water partition coefficient (Wildman–Crippen LogP) is 23.9. The number of benzene rings is 3. The Morgan fingerprint density at radius 3 is 0.636 bits per heavy atom. The van der Waals surface area contributed by atoms with Crippen LogP contribution in [0.5, 0.6) is 34.5 Å². The molecule has 0 aliphatic carbocycles. The van der Waals surface area contributed by atoms with Crippen LogP contribution in [0.1, 0.15) is 301 Å². The van der Waals surface area contributed by atoms with Gasteiger partial charge in [0.05, 0.1) is 50.8 Å². The number of rotatable bonds is 48. The molecule has 3 rings (SSSR count). The SMILES string of the molecule is CC(C)CCCC(C)CCOc1cc(C#Cc2cc(OCCC(C)CCCC(C)C)c(C#Cc3cc(OCCC(C)CCCC(C)C)cc(OCCC(C)CCCC(C)C)c3)cc2OCCC(C)CCCC(C)C)cc(OCCC(C)CCCC(C)C)c1. The van der Waals surface area contributed by atoms with Crippen LogP contribution in [0.4, 0.5) is 0 Å². The van der Waals surface area contributed by atoms with E-state index < -0.39 is 0 Å². The predicted molar refractivity (Wildman–Crippen MR) is 379 cm³/mol. The first kappa shape index (κ1) is 77.8. The van der Waals surface area contributed by atoms with Crippen molar-refractivity contribution in [3.63, 3.8) is 0 Å². The molecule has 3 aromatic rings. The third kappa shape index (κ3) is 38.3. The minimum absolute atomic E-state index is 0.539. The Kier molecular flexibility index (Phi) is 40.5. The fourth-order valence-corrected chi connectivity index (χ4v) is 11.3. The Hall–Kier alpha value is -4.42. The highest BCUT2D eigenvalue weighted by Crippen LogP contribution is 2.33. The first-order chi connectivity index (χ1) is 42.0. The van der Waals surface area contributed by atoms with Crippen LogP contribution in [-0.4, -0.2) is 39.6 Å². The third-order valence-electron chi connectivity index (χ3n) is 17.6. The van der Waals surface area contributed by atoms with Gasteiger partial charge in [0.25, 0.3) is 0 Å². The monoisotopic (exact) mass is 1220 g/mol. The van der Waals surface area contributed by atoms with Crippen LogP contribution in [-0.2, 0) is 0 Å². The molecule has 0 aromatic heterocycles. The summed E-state index contributed by atoms with van der Waals surface area (Å²) >= 11 is 0. The van der Waals surface area contributed by atoms with Gasteiger partial charge >= 0.3 is 0 Å². The first-order valence-electron chi connectivity index (χ1n) is 36.3. The van der Waals surface area contributed by atoms with Crippen molar-refractivity contribution < 1.29 is 28.4 Å². The van der Waals surface area contributed by atoms with E-state index in [1.165, 1.54) is 116 Å². The van der Waals surface area contributed by atoms with E-state index in [2.05, 4.69) is 197 Å². The maximum Gasteiger partial charge on any atom is 0.136 e. The average molecular weight is 1220 g/mol. The minimum Gasteiger partial charge on any atom is -0.493 e. The summed E-state index contributed by atoms with van der Waals surface area (Å²) in [6.07, 6.45) is 28.3. The van der Waals surface area contributed by atoms with Crippen LogP contribution in [0.25, 0.3) is 0 Å². The Bertz CT molecular complexity index is 2150. The molecule has 0 bridgehead atoms. The minimum atomic E-state index is 0.539. The number of hydrogen-bond donors (Lipinski definition) is 0. The van der Waals surface area contributed by atoms with Crippen molar-refractivity contribution in [2.75, 3.05) is 39.6 Å². The lowest BCUT2D eigenvalue weighted by Gasteiger charge is -2.17. The summed E-state index contributed by atoms with van der Waals surface area (Å²) in [4.78, 5) is 0. The standard InChI is InChI=1S/C82H134O6/c1-61(2)25-19-31-67(13)41-47-83-77-53-73(54-78(59-77)84-48-42-68(14)32-20-26-62(3)4)37-39-75-57-82(88-52-46-72(18)36-24-30-66(11)12)76(58-81(75)87-51-45-71(17)35-23-29-65(9)10)40-38-74-55-79(85-49-43-69(15)33-21-27-63(5)6)60-80(56-74)86-50-44-70(16)34-22-28-64(7)8/h53-72H,19-36,41-52H2,1-18H3. The third-order valence-corrected chi connectivity index (χ3v) is 17.6. The van der Waals surface area contributed by atoms with E-state index in [4.69, 9.17) is 28.4 Å². The molecule has 0 aliphatic rings. The molecule has 6 unspecified atom stereocenters. The quantitative estimate of drug-likeness (QED) is 0.0525. The fraction of sp³-hybridized carbons (Fsp3) is 0.732. The van der Waals surface area contributed by atoms with Crippen molar-refractivity contribution in [2.24, 2.45) is 71.0 Å². The molecule has 0 radical (unpaired) electrons. The van der Waals surface area contributed by atoms with Gasteiger partial charge in [0.2, 0.25) is 0 Å². The molecule has 3 aromatic carbocycles. The Labute approximate surface area is 544 Å². The van der Waals surface area contributed by atoms with Gasteiger partial charge in [-0.1, -0.05) is 264 Å². The van der Waals surface area contributed by atoms with Gasteiger partial charge in [-0.15, -0.1) is 0 Å². The second-order valence-electron chi connectivity index (χ2n) is 30.1. The van der Waals surface area contributed by atoms with Crippen LogP contribution in [0.3, 0.4) is 0 Å². The molecule has 6 heteroatoms. The average Bonchev–Trinajstić information content (AvgIpc) is 3.36. The topological polar surface area (TPSA) is 55.4 Å². The highest BCUT2D eigenvalue weighted by atomic mass is 16.5. The highest BCUT2D eigenvalue weighted by molar-refractivity contribution is 5.61. The van der Waals surface area contributed by atoms with Crippen LogP contribution in [0, 0.1) is 94.7 Å². The molecule has 0 spiro atoms. The van der Waals surface area contributed by atoms with Gasteiger partial charge in [-0.05, 0) is 134 Å². The summed E-state index contributed by atoms with van der Waals surface area (Å²) in [5.41, 5.74) is 3.24. The summed E-state index contributed by atoms with van der Waals surface area (Å²) in [5.74, 6) is 26.8. The zero-order chi connectivity index (χ0) is 64.6. The van der Waals surface area contributed by atoms with Gasteiger partial charge in [0.15, 0.2) is 0 Å². The van der Waals surface area contributed by atoms with Crippen molar-refractivity contribution in [1.82, 2.24) is 0 Å². The fourth-order valence-electron chi connectivity index (χ4n) is 11.3. The molecule has 6 nitrogen and oxygen atoms in total. The molecular weight excluding hydrogens is 1080 g/mol. The second kappa shape index (κ2) is 45.8. The normalized spacial score (nSPS) is 13.7. The van der Waals surface area contributed by atoms with Crippen LogP contribution < -0.4 is 28.4 Å². The zero-order valence-corrected chi connectivity index (χ0v) is 60.2. The Morgan fingerprint density at radius 1 is 0.227 bits per heavy atom. The summed E-state index contributed by atoms with van der Waals surface area (Å²) < 4.78 is 40.0. The van der Waals surface area contributed by atoms with E-state index in [9.17, 15) is 0 Å². The van der Waals surface area contributed by atoms with Crippen molar-refractivity contribution in [1.29, 1.82) is 0 Å². The largest absolute Gasteiger partial charge is 0.493 e. The molecular formula is C82H134O6. The van der Waals surface area contributed by atoms with Gasteiger partial charge in [0.1, 0.15) is 34.5 Å². The van der Waals surface area contributed by atoms with Crippen molar-refractivity contribution in [3.8, 4) is 58.2 Å².